The number of benzene rings is 1. The Hall–Kier alpha value is -2.23. The third kappa shape index (κ3) is 6.04. The fourth-order valence-electron chi connectivity index (χ4n) is 1.64. The monoisotopic (exact) mass is 314 g/mol. The molecule has 1 N–H and O–H groups in total. The van der Waals surface area contributed by atoms with Gasteiger partial charge in [-0.1, -0.05) is 12.1 Å². The first-order valence-corrected chi connectivity index (χ1v) is 6.56. The van der Waals surface area contributed by atoms with Gasteiger partial charge in [-0.25, -0.2) is 4.79 Å². The van der Waals surface area contributed by atoms with Crippen molar-refractivity contribution in [2.45, 2.75) is 45.0 Å². The van der Waals surface area contributed by atoms with Gasteiger partial charge in [0.15, 0.2) is 0 Å². The number of ether oxygens (including phenoxy) is 1. The number of carbonyl (C=O) groups excluding carboxylic acids is 1. The molecule has 120 valence electrons. The van der Waals surface area contributed by atoms with Crippen LogP contribution in [-0.4, -0.2) is 17.7 Å². The Kier molecular flexibility index (Phi) is 5.42. The van der Waals surface area contributed by atoms with Crippen LogP contribution < -0.4 is 5.32 Å². The molecule has 0 aliphatic rings. The van der Waals surface area contributed by atoms with Gasteiger partial charge in [-0.3, -0.25) is 0 Å². The summed E-state index contributed by atoms with van der Waals surface area (Å²) in [6.07, 6.45) is -5.05. The van der Waals surface area contributed by atoms with Crippen LogP contribution in [0, 0.1) is 11.3 Å². The summed E-state index contributed by atoms with van der Waals surface area (Å²) in [5.74, 6) is 0. The molecule has 1 aromatic carbocycles. The van der Waals surface area contributed by atoms with Crippen molar-refractivity contribution in [2.24, 2.45) is 0 Å². The van der Waals surface area contributed by atoms with Crippen molar-refractivity contribution < 1.29 is 22.7 Å². The van der Waals surface area contributed by atoms with Crippen molar-refractivity contribution in [3.05, 3.63) is 35.4 Å². The second kappa shape index (κ2) is 6.69. The third-order valence-corrected chi connectivity index (χ3v) is 2.57. The third-order valence-electron chi connectivity index (χ3n) is 2.57. The molecule has 1 atom stereocenters. The molecule has 0 aliphatic carbocycles. The number of nitrogens with one attached hydrogen (secondary N) is 1. The minimum absolute atomic E-state index is 0.0912. The van der Waals surface area contributed by atoms with Crippen molar-refractivity contribution >= 4 is 6.09 Å². The smallest absolute Gasteiger partial charge is 0.416 e. The number of halogens is 3. The van der Waals surface area contributed by atoms with E-state index in [4.69, 9.17) is 10.00 Å². The Morgan fingerprint density at radius 3 is 2.23 bits per heavy atom. The van der Waals surface area contributed by atoms with Gasteiger partial charge in [0.1, 0.15) is 11.6 Å². The van der Waals surface area contributed by atoms with E-state index >= 15 is 0 Å². The molecular formula is C15H17F3N2O2. The standard InChI is InChI=1S/C15H17F3N2O2/c1-14(2,3)22-13(21)20-12(9-19)8-10-4-6-11(7-5-10)15(16,17)18/h4-7,12H,8H2,1-3H3,(H,20,21)/t12-/m0/s1. The molecule has 1 rings (SSSR count). The van der Waals surface area contributed by atoms with Gasteiger partial charge in [0.25, 0.3) is 0 Å². The molecule has 0 aromatic heterocycles. The van der Waals surface area contributed by atoms with Crippen LogP contribution in [0.4, 0.5) is 18.0 Å². The highest BCUT2D eigenvalue weighted by Crippen LogP contribution is 2.29. The van der Waals surface area contributed by atoms with Gasteiger partial charge in [-0.15, -0.1) is 0 Å². The molecule has 0 unspecified atom stereocenters. The molecular weight excluding hydrogens is 297 g/mol. The van der Waals surface area contributed by atoms with Crippen LogP contribution in [-0.2, 0) is 17.3 Å². The Labute approximate surface area is 126 Å². The van der Waals surface area contributed by atoms with E-state index in [1.54, 1.807) is 20.8 Å². The van der Waals surface area contributed by atoms with Crippen LogP contribution in [0.15, 0.2) is 24.3 Å². The Morgan fingerprint density at radius 2 is 1.82 bits per heavy atom. The zero-order valence-electron chi connectivity index (χ0n) is 12.5. The van der Waals surface area contributed by atoms with E-state index in [2.05, 4.69) is 5.32 Å². The Bertz CT molecular complexity index is 554. The van der Waals surface area contributed by atoms with Gasteiger partial charge in [0.2, 0.25) is 0 Å². The zero-order chi connectivity index (χ0) is 17.0. The number of amides is 1. The lowest BCUT2D eigenvalue weighted by atomic mass is 10.0. The number of nitrogens with zero attached hydrogens (tertiary/aromatic N) is 1. The highest BCUT2D eigenvalue weighted by atomic mass is 19.4. The van der Waals surface area contributed by atoms with Gasteiger partial charge in [0.05, 0.1) is 11.6 Å². The molecule has 0 bridgehead atoms. The Morgan fingerprint density at radius 1 is 1.27 bits per heavy atom. The fourth-order valence-corrected chi connectivity index (χ4v) is 1.64. The second-order valence-corrected chi connectivity index (χ2v) is 5.73. The van der Waals surface area contributed by atoms with E-state index in [1.165, 1.54) is 12.1 Å². The maximum Gasteiger partial charge on any atom is 0.416 e. The SMILES string of the molecule is CC(C)(C)OC(=O)N[C@H](C#N)Cc1ccc(C(F)(F)F)cc1. The maximum absolute atomic E-state index is 12.5. The number of nitriles is 1. The number of hydrogen-bond acceptors (Lipinski definition) is 3. The van der Waals surface area contributed by atoms with Crippen molar-refractivity contribution in [1.82, 2.24) is 5.32 Å². The number of hydrogen-bond donors (Lipinski definition) is 1. The first-order chi connectivity index (χ1) is 10.0. The topological polar surface area (TPSA) is 62.1 Å². The second-order valence-electron chi connectivity index (χ2n) is 5.73. The van der Waals surface area contributed by atoms with Crippen LogP contribution >= 0.6 is 0 Å². The number of carbonyl (C=O) groups is 1. The molecule has 0 spiro atoms. The van der Waals surface area contributed by atoms with Gasteiger partial charge in [-0.05, 0) is 38.5 Å². The summed E-state index contributed by atoms with van der Waals surface area (Å²) in [4.78, 5) is 11.6. The van der Waals surface area contributed by atoms with Crippen LogP contribution in [0.2, 0.25) is 0 Å². The van der Waals surface area contributed by atoms with Crippen LogP contribution in [0.1, 0.15) is 31.9 Å². The van der Waals surface area contributed by atoms with E-state index in [1.807, 2.05) is 6.07 Å². The molecule has 4 nitrogen and oxygen atoms in total. The molecule has 1 aromatic rings. The van der Waals surface area contributed by atoms with E-state index in [-0.39, 0.29) is 6.42 Å². The normalized spacial score (nSPS) is 13.1. The summed E-state index contributed by atoms with van der Waals surface area (Å²) in [6, 6.07) is 5.44. The highest BCUT2D eigenvalue weighted by molar-refractivity contribution is 5.68. The van der Waals surface area contributed by atoms with Gasteiger partial charge in [-0.2, -0.15) is 18.4 Å². The quantitative estimate of drug-likeness (QED) is 0.926. The van der Waals surface area contributed by atoms with Gasteiger partial charge in [0, 0.05) is 6.42 Å². The molecule has 7 heteroatoms. The van der Waals surface area contributed by atoms with Crippen LogP contribution in [0.3, 0.4) is 0 Å². The van der Waals surface area contributed by atoms with Gasteiger partial charge >= 0.3 is 12.3 Å². The molecule has 0 fully saturated rings. The van der Waals surface area contributed by atoms with Crippen molar-refractivity contribution in [1.29, 1.82) is 5.26 Å². The molecule has 1 amide bonds. The van der Waals surface area contributed by atoms with E-state index in [0.29, 0.717) is 5.56 Å². The molecule has 0 saturated heterocycles. The molecule has 0 radical (unpaired) electrons. The Balaban J connectivity index is 2.67. The van der Waals surface area contributed by atoms with E-state index < -0.39 is 29.5 Å². The van der Waals surface area contributed by atoms with Crippen molar-refractivity contribution in [3.8, 4) is 6.07 Å². The molecule has 0 aliphatic heterocycles. The zero-order valence-corrected chi connectivity index (χ0v) is 12.5. The van der Waals surface area contributed by atoms with Crippen molar-refractivity contribution in [2.75, 3.05) is 0 Å². The fraction of sp³-hybridized carbons (Fsp3) is 0.467. The summed E-state index contributed by atoms with van der Waals surface area (Å²) in [7, 11) is 0. The number of alkyl halides is 3. The molecule has 22 heavy (non-hydrogen) atoms. The lowest BCUT2D eigenvalue weighted by Gasteiger charge is -2.21. The summed E-state index contributed by atoms with van der Waals surface area (Å²) < 4.78 is 42.4. The first kappa shape index (κ1) is 17.8. The summed E-state index contributed by atoms with van der Waals surface area (Å²) in [6.45, 7) is 5.05. The number of alkyl carbamates (subject to hydrolysis) is 1. The van der Waals surface area contributed by atoms with Crippen LogP contribution in [0.25, 0.3) is 0 Å². The average molecular weight is 314 g/mol. The summed E-state index contributed by atoms with van der Waals surface area (Å²) in [5.41, 5.74) is -0.946. The van der Waals surface area contributed by atoms with Crippen molar-refractivity contribution in [3.63, 3.8) is 0 Å². The maximum atomic E-state index is 12.5. The lowest BCUT2D eigenvalue weighted by molar-refractivity contribution is -0.137. The summed E-state index contributed by atoms with van der Waals surface area (Å²) >= 11 is 0. The predicted octanol–water partition coefficient (Wildman–Crippen LogP) is 3.66. The minimum atomic E-state index is -4.40. The average Bonchev–Trinajstić information content (AvgIpc) is 2.35. The first-order valence-electron chi connectivity index (χ1n) is 6.56. The van der Waals surface area contributed by atoms with Crippen LogP contribution in [0.5, 0.6) is 0 Å². The number of rotatable bonds is 3. The summed E-state index contributed by atoms with van der Waals surface area (Å²) in [5, 5.41) is 11.4. The molecule has 0 saturated carbocycles. The predicted molar refractivity (Wildman–Crippen MR) is 73.9 cm³/mol. The van der Waals surface area contributed by atoms with E-state index in [9.17, 15) is 18.0 Å². The highest BCUT2D eigenvalue weighted by Gasteiger charge is 2.30. The largest absolute Gasteiger partial charge is 0.444 e. The van der Waals surface area contributed by atoms with E-state index in [0.717, 1.165) is 12.1 Å². The minimum Gasteiger partial charge on any atom is -0.444 e. The molecule has 0 heterocycles. The van der Waals surface area contributed by atoms with Gasteiger partial charge < -0.3 is 10.1 Å². The lowest BCUT2D eigenvalue weighted by Crippen LogP contribution is -2.39.